The average Bonchev–Trinajstić information content (AvgIpc) is 2.76. The summed E-state index contributed by atoms with van der Waals surface area (Å²) in [4.78, 5) is 30.8. The second-order valence-electron chi connectivity index (χ2n) is 7.36. The fourth-order valence-electron chi connectivity index (χ4n) is 3.58. The number of benzene rings is 2. The molecule has 0 bridgehead atoms. The smallest absolute Gasteiger partial charge is 0.261 e. The lowest BCUT2D eigenvalue weighted by Crippen LogP contribution is -2.51. The first kappa shape index (κ1) is 21.1. The molecule has 0 atom stereocenters. The summed E-state index contributed by atoms with van der Waals surface area (Å²) in [6.07, 6.45) is 1.22. The van der Waals surface area contributed by atoms with Gasteiger partial charge in [0, 0.05) is 32.2 Å². The van der Waals surface area contributed by atoms with Crippen LogP contribution in [-0.2, 0) is 27.1 Å². The first-order valence-electron chi connectivity index (χ1n) is 9.78. The molecule has 1 amide bonds. The lowest BCUT2D eigenvalue weighted by Gasteiger charge is -2.34. The molecule has 0 saturated carbocycles. The highest BCUT2D eigenvalue weighted by atomic mass is 32.2. The van der Waals surface area contributed by atoms with Crippen molar-refractivity contribution in [1.82, 2.24) is 18.8 Å². The number of carbonyl (C=O) groups excluding carboxylic acids is 1. The van der Waals surface area contributed by atoms with Gasteiger partial charge in [0.1, 0.15) is 12.4 Å². The van der Waals surface area contributed by atoms with Crippen molar-refractivity contribution < 1.29 is 17.6 Å². The van der Waals surface area contributed by atoms with Crippen LogP contribution in [0, 0.1) is 5.82 Å². The Morgan fingerprint density at radius 1 is 1.03 bits per heavy atom. The Balaban J connectivity index is 1.39. The van der Waals surface area contributed by atoms with Crippen molar-refractivity contribution in [2.45, 2.75) is 12.3 Å². The topological polar surface area (TPSA) is 92.6 Å². The molecule has 162 valence electrons. The van der Waals surface area contributed by atoms with Crippen LogP contribution in [0.1, 0.15) is 5.56 Å². The molecule has 1 aliphatic rings. The number of fused-ring (bicyclic) bond motifs is 1. The predicted octanol–water partition coefficient (Wildman–Crippen LogP) is 1.21. The van der Waals surface area contributed by atoms with E-state index in [0.29, 0.717) is 5.56 Å². The van der Waals surface area contributed by atoms with Crippen molar-refractivity contribution in [3.8, 4) is 0 Å². The van der Waals surface area contributed by atoms with Crippen molar-refractivity contribution in [1.29, 1.82) is 0 Å². The number of rotatable bonds is 5. The van der Waals surface area contributed by atoms with E-state index in [9.17, 15) is 22.4 Å². The Kier molecular flexibility index (Phi) is 5.84. The molecule has 0 aliphatic carbocycles. The van der Waals surface area contributed by atoms with Crippen LogP contribution in [0.2, 0.25) is 0 Å². The molecule has 1 aromatic heterocycles. The summed E-state index contributed by atoms with van der Waals surface area (Å²) >= 11 is 0. The third-order valence-corrected chi connectivity index (χ3v) is 7.12. The molecular weight excluding hydrogens is 423 g/mol. The molecule has 3 aromatic rings. The number of halogens is 1. The Bertz CT molecular complexity index is 1270. The zero-order valence-electron chi connectivity index (χ0n) is 16.6. The second-order valence-corrected chi connectivity index (χ2v) is 9.33. The van der Waals surface area contributed by atoms with Gasteiger partial charge in [0.25, 0.3) is 5.56 Å². The molecule has 4 rings (SSSR count). The lowest BCUT2D eigenvalue weighted by atomic mass is 10.2. The Labute approximate surface area is 178 Å². The maximum Gasteiger partial charge on any atom is 0.261 e. The van der Waals surface area contributed by atoms with Gasteiger partial charge in [-0.25, -0.2) is 17.8 Å². The molecular formula is C21H21FN4O4S. The van der Waals surface area contributed by atoms with E-state index in [1.165, 1.54) is 32.2 Å². The van der Waals surface area contributed by atoms with E-state index in [-0.39, 0.29) is 55.3 Å². The van der Waals surface area contributed by atoms with Gasteiger partial charge in [-0.3, -0.25) is 14.2 Å². The lowest BCUT2D eigenvalue weighted by molar-refractivity contribution is -0.133. The van der Waals surface area contributed by atoms with Gasteiger partial charge >= 0.3 is 0 Å². The van der Waals surface area contributed by atoms with E-state index < -0.39 is 21.4 Å². The average molecular weight is 444 g/mol. The highest BCUT2D eigenvalue weighted by Gasteiger charge is 2.29. The molecule has 0 unspecified atom stereocenters. The maximum atomic E-state index is 13.3. The van der Waals surface area contributed by atoms with Crippen LogP contribution in [0.25, 0.3) is 10.9 Å². The minimum Gasteiger partial charge on any atom is -0.338 e. The van der Waals surface area contributed by atoms with Crippen LogP contribution >= 0.6 is 0 Å². The van der Waals surface area contributed by atoms with Crippen LogP contribution in [0.15, 0.2) is 59.7 Å². The molecule has 2 heterocycles. The van der Waals surface area contributed by atoms with E-state index in [2.05, 4.69) is 4.98 Å². The summed E-state index contributed by atoms with van der Waals surface area (Å²) in [6, 6.07) is 12.6. The quantitative estimate of drug-likeness (QED) is 0.590. The highest BCUT2D eigenvalue weighted by molar-refractivity contribution is 7.88. The van der Waals surface area contributed by atoms with E-state index >= 15 is 0 Å². The van der Waals surface area contributed by atoms with E-state index in [1.807, 2.05) is 6.07 Å². The molecule has 31 heavy (non-hydrogen) atoms. The van der Waals surface area contributed by atoms with Crippen molar-refractivity contribution in [3.05, 3.63) is 76.6 Å². The summed E-state index contributed by atoms with van der Waals surface area (Å²) < 4.78 is 41.2. The standard InChI is InChI=1S/C21H21FN4O4S/c22-17-6-7-18-19(12-17)23-15-25(21(18)28)13-20(27)24-8-10-26(11-9-24)31(29,30)14-16-4-2-1-3-5-16/h1-7,12,15H,8-11,13-14H2. The van der Waals surface area contributed by atoms with Gasteiger partial charge in [-0.05, 0) is 17.7 Å². The Morgan fingerprint density at radius 2 is 1.74 bits per heavy atom. The predicted molar refractivity (Wildman–Crippen MR) is 113 cm³/mol. The fourth-order valence-corrected chi connectivity index (χ4v) is 5.10. The van der Waals surface area contributed by atoms with Crippen LogP contribution in [0.3, 0.4) is 0 Å². The molecule has 1 aliphatic heterocycles. The van der Waals surface area contributed by atoms with Crippen molar-refractivity contribution >= 4 is 26.8 Å². The molecule has 0 N–H and O–H groups in total. The summed E-state index contributed by atoms with van der Waals surface area (Å²) in [7, 11) is -3.48. The molecule has 0 spiro atoms. The molecule has 10 heteroatoms. The first-order valence-corrected chi connectivity index (χ1v) is 11.4. The van der Waals surface area contributed by atoms with Crippen LogP contribution in [0.4, 0.5) is 4.39 Å². The van der Waals surface area contributed by atoms with Gasteiger partial charge in [-0.15, -0.1) is 0 Å². The first-order chi connectivity index (χ1) is 14.8. The summed E-state index contributed by atoms with van der Waals surface area (Å²) in [5.74, 6) is -0.876. The van der Waals surface area contributed by atoms with Crippen LogP contribution < -0.4 is 5.56 Å². The maximum absolute atomic E-state index is 13.3. The normalized spacial score (nSPS) is 15.3. The number of sulfonamides is 1. The zero-order chi connectivity index (χ0) is 22.0. The largest absolute Gasteiger partial charge is 0.338 e. The van der Waals surface area contributed by atoms with Gasteiger partial charge in [0.15, 0.2) is 0 Å². The number of piperazine rings is 1. The zero-order valence-corrected chi connectivity index (χ0v) is 17.5. The monoisotopic (exact) mass is 444 g/mol. The molecule has 2 aromatic carbocycles. The number of hydrogen-bond acceptors (Lipinski definition) is 5. The molecule has 8 nitrogen and oxygen atoms in total. The Hall–Kier alpha value is -3.11. The minimum atomic E-state index is -3.48. The van der Waals surface area contributed by atoms with Gasteiger partial charge in [0.05, 0.1) is 23.0 Å². The van der Waals surface area contributed by atoms with Crippen LogP contribution in [-0.4, -0.2) is 59.3 Å². The van der Waals surface area contributed by atoms with Gasteiger partial charge in [0.2, 0.25) is 15.9 Å². The molecule has 0 radical (unpaired) electrons. The van der Waals surface area contributed by atoms with Crippen LogP contribution in [0.5, 0.6) is 0 Å². The SMILES string of the molecule is O=C(Cn1cnc2cc(F)ccc2c1=O)N1CCN(S(=O)(=O)Cc2ccccc2)CC1. The van der Waals surface area contributed by atoms with E-state index in [4.69, 9.17) is 0 Å². The third-order valence-electron chi connectivity index (χ3n) is 5.27. The second kappa shape index (κ2) is 8.56. The van der Waals surface area contributed by atoms with Crippen molar-refractivity contribution in [2.75, 3.05) is 26.2 Å². The summed E-state index contributed by atoms with van der Waals surface area (Å²) in [6.45, 7) is 0.674. The number of nitrogens with zero attached hydrogens (tertiary/aromatic N) is 4. The van der Waals surface area contributed by atoms with Crippen molar-refractivity contribution in [2.24, 2.45) is 0 Å². The van der Waals surface area contributed by atoms with E-state index in [1.54, 1.807) is 24.3 Å². The molecule has 1 fully saturated rings. The number of hydrogen-bond donors (Lipinski definition) is 0. The summed E-state index contributed by atoms with van der Waals surface area (Å²) in [5.41, 5.74) is 0.512. The van der Waals surface area contributed by atoms with E-state index in [0.717, 1.165) is 6.07 Å². The minimum absolute atomic E-state index is 0.0828. The van der Waals surface area contributed by atoms with Gasteiger partial charge < -0.3 is 4.90 Å². The van der Waals surface area contributed by atoms with Gasteiger partial charge in [-0.1, -0.05) is 30.3 Å². The van der Waals surface area contributed by atoms with Gasteiger partial charge in [-0.2, -0.15) is 4.31 Å². The van der Waals surface area contributed by atoms with Crippen molar-refractivity contribution in [3.63, 3.8) is 0 Å². The number of carbonyl (C=O) groups is 1. The Morgan fingerprint density at radius 3 is 2.45 bits per heavy atom. The third kappa shape index (κ3) is 4.64. The summed E-state index contributed by atoms with van der Waals surface area (Å²) in [5, 5.41) is 0.230. The highest BCUT2D eigenvalue weighted by Crippen LogP contribution is 2.14. The molecule has 1 saturated heterocycles. The number of aromatic nitrogens is 2. The number of amides is 1. The fraction of sp³-hybridized carbons (Fsp3) is 0.286.